The van der Waals surface area contributed by atoms with E-state index in [1.165, 1.54) is 18.2 Å². The first kappa shape index (κ1) is 25.1. The predicted octanol–water partition coefficient (Wildman–Crippen LogP) is 5.76. The molecule has 0 fully saturated rings. The number of unbranched alkanes of at least 4 members (excludes halogenated alkanes) is 2. The summed E-state index contributed by atoms with van der Waals surface area (Å²) in [5.41, 5.74) is 0.297. The molecule has 2 aromatic rings. The highest BCUT2D eigenvalue weighted by atomic mass is 32.2. The van der Waals surface area contributed by atoms with Crippen LogP contribution in [0.3, 0.4) is 0 Å². The van der Waals surface area contributed by atoms with Gasteiger partial charge in [-0.3, -0.25) is 0 Å². The van der Waals surface area contributed by atoms with Crippen LogP contribution in [0.1, 0.15) is 63.5 Å². The van der Waals surface area contributed by atoms with Gasteiger partial charge in [-0.1, -0.05) is 51.7 Å². The molecule has 0 aliphatic rings. The molecule has 0 atom stereocenters. The number of rotatable bonds is 13. The molecule has 31 heavy (non-hydrogen) atoms. The number of halogens is 1. The Morgan fingerprint density at radius 1 is 1.03 bits per heavy atom. The number of hydrogen-bond acceptors (Lipinski definition) is 4. The minimum atomic E-state index is -3.80. The number of aldehydes is 1. The predicted molar refractivity (Wildman–Crippen MR) is 122 cm³/mol. The fourth-order valence-electron chi connectivity index (χ4n) is 3.93. The van der Waals surface area contributed by atoms with E-state index in [9.17, 15) is 17.6 Å². The summed E-state index contributed by atoms with van der Waals surface area (Å²) in [6, 6.07) is 11.0. The molecule has 170 valence electrons. The van der Waals surface area contributed by atoms with Crippen molar-refractivity contribution >= 4 is 16.1 Å². The van der Waals surface area contributed by atoms with Crippen molar-refractivity contribution in [3.05, 3.63) is 59.4 Å². The molecule has 0 spiro atoms. The quantitative estimate of drug-likeness (QED) is 0.288. The molecule has 0 heterocycles. The summed E-state index contributed by atoms with van der Waals surface area (Å²) in [7, 11) is -2.24. The first-order valence-corrected chi connectivity index (χ1v) is 12.5. The molecule has 2 rings (SSSR count). The van der Waals surface area contributed by atoms with Gasteiger partial charge in [-0.15, -0.1) is 0 Å². The fourth-order valence-corrected chi connectivity index (χ4v) is 6.00. The number of benzene rings is 2. The molecular formula is C25H33FO4S. The van der Waals surface area contributed by atoms with Crippen molar-refractivity contribution in [1.82, 2.24) is 0 Å². The molecule has 4 nitrogen and oxygen atoms in total. The Morgan fingerprint density at radius 3 is 2.29 bits per heavy atom. The van der Waals surface area contributed by atoms with Crippen LogP contribution in [-0.2, 0) is 21.1 Å². The standard InChI is InChI=1S/C25H33FO4S/c1-4-6-13-25(18-27,14-7-5-2)19-31(28,29)24-12-11-22(26)17-21(24)15-20-9-8-10-23(16-20)30-3/h8-12,16-18H,4-7,13-15,19H2,1-3H3. The van der Waals surface area contributed by atoms with Crippen LogP contribution in [0.2, 0.25) is 0 Å². The SMILES string of the molecule is CCCCC(C=O)(CCCC)CS(=O)(=O)c1ccc(F)cc1Cc1cccc(OC)c1. The number of hydrogen-bond donors (Lipinski definition) is 0. The molecule has 0 N–H and O–H groups in total. The molecule has 6 heteroatoms. The van der Waals surface area contributed by atoms with Gasteiger partial charge in [-0.2, -0.15) is 0 Å². The van der Waals surface area contributed by atoms with E-state index in [0.717, 1.165) is 37.5 Å². The maximum absolute atomic E-state index is 14.0. The summed E-state index contributed by atoms with van der Waals surface area (Å²) >= 11 is 0. The maximum atomic E-state index is 14.0. The highest BCUT2D eigenvalue weighted by molar-refractivity contribution is 7.91. The molecule has 0 radical (unpaired) electrons. The number of methoxy groups -OCH3 is 1. The van der Waals surface area contributed by atoms with Gasteiger partial charge in [0.2, 0.25) is 0 Å². The Balaban J connectivity index is 2.43. The largest absolute Gasteiger partial charge is 0.497 e. The molecule has 0 aliphatic heterocycles. The lowest BCUT2D eigenvalue weighted by atomic mass is 9.81. The minimum absolute atomic E-state index is 0.0935. The maximum Gasteiger partial charge on any atom is 0.179 e. The lowest BCUT2D eigenvalue weighted by molar-refractivity contribution is -0.116. The van der Waals surface area contributed by atoms with E-state index in [1.807, 2.05) is 26.0 Å². The smallest absolute Gasteiger partial charge is 0.179 e. The molecule has 0 aliphatic carbocycles. The Bertz CT molecular complexity index is 961. The number of sulfone groups is 1. The summed E-state index contributed by atoms with van der Waals surface area (Å²) in [5, 5.41) is 0. The third-order valence-corrected chi connectivity index (χ3v) is 7.69. The summed E-state index contributed by atoms with van der Waals surface area (Å²) < 4.78 is 46.2. The van der Waals surface area contributed by atoms with Crippen molar-refractivity contribution in [1.29, 1.82) is 0 Å². The van der Waals surface area contributed by atoms with Crippen molar-refractivity contribution in [2.24, 2.45) is 5.41 Å². The van der Waals surface area contributed by atoms with Gasteiger partial charge in [0.05, 0.1) is 17.8 Å². The van der Waals surface area contributed by atoms with Crippen LogP contribution < -0.4 is 4.74 Å². The third kappa shape index (κ3) is 6.89. The van der Waals surface area contributed by atoms with Crippen molar-refractivity contribution < 1.29 is 22.3 Å². The lowest BCUT2D eigenvalue weighted by Crippen LogP contribution is -2.32. The van der Waals surface area contributed by atoms with Gasteiger partial charge >= 0.3 is 0 Å². The van der Waals surface area contributed by atoms with Crippen LogP contribution in [0.4, 0.5) is 4.39 Å². The molecule has 0 saturated heterocycles. The number of carbonyl (C=O) groups excluding carboxylic acids is 1. The van der Waals surface area contributed by atoms with Gasteiger partial charge in [0.1, 0.15) is 17.9 Å². The highest BCUT2D eigenvalue weighted by Gasteiger charge is 2.36. The van der Waals surface area contributed by atoms with E-state index in [0.29, 0.717) is 24.2 Å². The van der Waals surface area contributed by atoms with Crippen LogP contribution in [0.15, 0.2) is 47.4 Å². The van der Waals surface area contributed by atoms with Crippen molar-refractivity contribution in [3.63, 3.8) is 0 Å². The minimum Gasteiger partial charge on any atom is -0.497 e. The number of carbonyl (C=O) groups is 1. The highest BCUT2D eigenvalue weighted by Crippen LogP contribution is 2.34. The van der Waals surface area contributed by atoms with Crippen molar-refractivity contribution in [3.8, 4) is 5.75 Å². The lowest BCUT2D eigenvalue weighted by Gasteiger charge is -2.28. The second-order valence-corrected chi connectivity index (χ2v) is 10.2. The van der Waals surface area contributed by atoms with E-state index in [4.69, 9.17) is 4.74 Å². The first-order chi connectivity index (χ1) is 14.8. The monoisotopic (exact) mass is 448 g/mol. The molecule has 0 saturated carbocycles. The molecular weight excluding hydrogens is 415 g/mol. The van der Waals surface area contributed by atoms with Gasteiger partial charge in [0.25, 0.3) is 0 Å². The second kappa shape index (κ2) is 11.4. The van der Waals surface area contributed by atoms with Gasteiger partial charge in [0.15, 0.2) is 9.84 Å². The van der Waals surface area contributed by atoms with Gasteiger partial charge in [-0.05, 0) is 60.7 Å². The topological polar surface area (TPSA) is 60.4 Å². The Hall–Kier alpha value is -2.21. The van der Waals surface area contributed by atoms with Gasteiger partial charge < -0.3 is 9.53 Å². The van der Waals surface area contributed by atoms with E-state index in [1.54, 1.807) is 19.2 Å². The molecule has 2 aromatic carbocycles. The zero-order valence-corrected chi connectivity index (χ0v) is 19.5. The molecule has 0 bridgehead atoms. The molecule has 0 aromatic heterocycles. The zero-order valence-electron chi connectivity index (χ0n) is 18.7. The van der Waals surface area contributed by atoms with E-state index < -0.39 is 21.1 Å². The van der Waals surface area contributed by atoms with Crippen molar-refractivity contribution in [2.75, 3.05) is 12.9 Å². The van der Waals surface area contributed by atoms with Crippen LogP contribution in [0, 0.1) is 11.2 Å². The summed E-state index contributed by atoms with van der Waals surface area (Å²) in [4.78, 5) is 12.2. The van der Waals surface area contributed by atoms with Crippen molar-refractivity contribution in [2.45, 2.75) is 63.7 Å². The van der Waals surface area contributed by atoms with Gasteiger partial charge in [0, 0.05) is 5.41 Å². The van der Waals surface area contributed by atoms with Crippen LogP contribution in [-0.4, -0.2) is 27.6 Å². The molecule has 0 unspecified atom stereocenters. The second-order valence-electron chi connectivity index (χ2n) is 8.23. The Labute approximate surface area is 185 Å². The van der Waals surface area contributed by atoms with Crippen LogP contribution in [0.5, 0.6) is 5.75 Å². The summed E-state index contributed by atoms with van der Waals surface area (Å²) in [6.45, 7) is 4.05. The van der Waals surface area contributed by atoms with E-state index >= 15 is 0 Å². The average molecular weight is 449 g/mol. The van der Waals surface area contributed by atoms with Gasteiger partial charge in [-0.25, -0.2) is 12.8 Å². The van der Waals surface area contributed by atoms with E-state index in [-0.39, 0.29) is 17.1 Å². The van der Waals surface area contributed by atoms with Crippen LogP contribution >= 0.6 is 0 Å². The first-order valence-electron chi connectivity index (χ1n) is 10.9. The van der Waals surface area contributed by atoms with E-state index in [2.05, 4.69) is 0 Å². The average Bonchev–Trinajstić information content (AvgIpc) is 2.75. The normalized spacial score (nSPS) is 12.0. The fraction of sp³-hybridized carbons (Fsp3) is 0.480. The third-order valence-electron chi connectivity index (χ3n) is 5.67. The number of ether oxygens (including phenoxy) is 1. The zero-order chi connectivity index (χ0) is 22.9. The molecule has 0 amide bonds. The Morgan fingerprint density at radius 2 is 1.71 bits per heavy atom. The van der Waals surface area contributed by atoms with Crippen LogP contribution in [0.25, 0.3) is 0 Å². The summed E-state index contributed by atoms with van der Waals surface area (Å²) in [6.07, 6.45) is 5.52. The Kier molecular flexibility index (Phi) is 9.23. The summed E-state index contributed by atoms with van der Waals surface area (Å²) in [5.74, 6) is -0.0897.